The van der Waals surface area contributed by atoms with Gasteiger partial charge in [0.1, 0.15) is 0 Å². The average Bonchev–Trinajstić information content (AvgIpc) is 3.52. The summed E-state index contributed by atoms with van der Waals surface area (Å²) in [4.78, 5) is 17.0. The molecule has 0 aliphatic rings. The molecule has 0 aliphatic heterocycles. The molecular weight excluding hydrogens is 420 g/mol. The van der Waals surface area contributed by atoms with E-state index in [0.29, 0.717) is 35.0 Å². The summed E-state index contributed by atoms with van der Waals surface area (Å²) in [5, 5.41) is 14.5. The van der Waals surface area contributed by atoms with Gasteiger partial charge in [0.25, 0.3) is 6.01 Å². The van der Waals surface area contributed by atoms with Crippen LogP contribution in [-0.2, 0) is 11.3 Å². The molecule has 5 aromatic rings. The highest BCUT2D eigenvalue weighted by Gasteiger charge is 2.21. The van der Waals surface area contributed by atoms with Gasteiger partial charge in [-0.2, -0.15) is 10.2 Å². The molecule has 9 nitrogen and oxygen atoms in total. The fraction of sp³-hybridized carbons (Fsp3) is 0.125. The van der Waals surface area contributed by atoms with Gasteiger partial charge in [-0.3, -0.25) is 4.57 Å². The number of carbonyl (C=O) groups excluding carboxylic acids is 1. The second-order valence-electron chi connectivity index (χ2n) is 7.29. The van der Waals surface area contributed by atoms with Crippen molar-refractivity contribution in [2.45, 2.75) is 6.54 Å². The lowest BCUT2D eigenvalue weighted by atomic mass is 9.95. The maximum Gasteiger partial charge on any atom is 0.340 e. The van der Waals surface area contributed by atoms with Crippen molar-refractivity contribution in [2.24, 2.45) is 0 Å². The van der Waals surface area contributed by atoms with E-state index in [1.54, 1.807) is 19.2 Å². The van der Waals surface area contributed by atoms with Crippen LogP contribution in [-0.4, -0.2) is 50.4 Å². The van der Waals surface area contributed by atoms with Gasteiger partial charge in [-0.25, -0.2) is 4.79 Å². The number of aromatic nitrogens is 6. The van der Waals surface area contributed by atoms with E-state index in [4.69, 9.17) is 9.47 Å². The number of rotatable bonds is 6. The van der Waals surface area contributed by atoms with E-state index in [1.807, 2.05) is 59.2 Å². The summed E-state index contributed by atoms with van der Waals surface area (Å²) in [5.74, 6) is 0.0826. The number of carbonyl (C=O) groups is 1. The van der Waals surface area contributed by atoms with Crippen LogP contribution in [0.1, 0.15) is 15.9 Å². The lowest BCUT2D eigenvalue weighted by molar-refractivity contribution is 0.0602. The number of para-hydroxylation sites is 1. The van der Waals surface area contributed by atoms with Gasteiger partial charge in [0.15, 0.2) is 0 Å². The molecule has 3 aromatic carbocycles. The van der Waals surface area contributed by atoms with Crippen molar-refractivity contribution in [1.82, 2.24) is 30.2 Å². The maximum atomic E-state index is 12.5. The maximum absolute atomic E-state index is 12.5. The van der Waals surface area contributed by atoms with Gasteiger partial charge in [-0.1, -0.05) is 54.6 Å². The smallest absolute Gasteiger partial charge is 0.340 e. The molecule has 2 aromatic heterocycles. The van der Waals surface area contributed by atoms with Crippen molar-refractivity contribution in [2.75, 3.05) is 14.2 Å². The van der Waals surface area contributed by atoms with Crippen LogP contribution in [0.5, 0.6) is 6.01 Å². The molecule has 0 amide bonds. The first-order chi connectivity index (χ1) is 16.2. The van der Waals surface area contributed by atoms with Crippen LogP contribution >= 0.6 is 0 Å². The van der Waals surface area contributed by atoms with Crippen LogP contribution in [0.3, 0.4) is 0 Å². The van der Waals surface area contributed by atoms with E-state index < -0.39 is 5.97 Å². The summed E-state index contributed by atoms with van der Waals surface area (Å²) in [7, 11) is 2.93. The molecular formula is C24H20N6O3. The van der Waals surface area contributed by atoms with Gasteiger partial charge in [0, 0.05) is 5.56 Å². The van der Waals surface area contributed by atoms with Gasteiger partial charge in [0.2, 0.25) is 5.82 Å². The molecule has 0 saturated carbocycles. The van der Waals surface area contributed by atoms with E-state index in [9.17, 15) is 4.79 Å². The summed E-state index contributed by atoms with van der Waals surface area (Å²) in [6.45, 7) is 0.421. The van der Waals surface area contributed by atoms with E-state index in [0.717, 1.165) is 22.3 Å². The highest BCUT2D eigenvalue weighted by molar-refractivity contribution is 6.02. The summed E-state index contributed by atoms with van der Waals surface area (Å²) in [5.41, 5.74) is 5.56. The minimum Gasteiger partial charge on any atom is -0.468 e. The molecule has 5 rings (SSSR count). The van der Waals surface area contributed by atoms with Gasteiger partial charge in [0.05, 0.1) is 37.4 Å². The molecule has 0 unspecified atom stereocenters. The minimum atomic E-state index is -0.430. The monoisotopic (exact) mass is 440 g/mol. The normalized spacial score (nSPS) is 11.0. The quantitative estimate of drug-likeness (QED) is 0.401. The van der Waals surface area contributed by atoms with Crippen LogP contribution in [0.25, 0.3) is 33.5 Å². The largest absolute Gasteiger partial charge is 0.468 e. The highest BCUT2D eigenvalue weighted by atomic mass is 16.5. The number of hydrogen-bond acceptors (Lipinski definition) is 7. The van der Waals surface area contributed by atoms with Crippen molar-refractivity contribution >= 4 is 17.0 Å². The standard InChI is InChI=1S/C24H20N6O3/c1-32-23(31)19-12-7-13-20-21(19)30(24(25-20)33-2)14-15-8-3-4-9-16(15)17-10-5-6-11-18(17)22-26-28-29-27-22/h3-13H,14H2,1-2H3,(H,26,27,28,29). The molecule has 0 radical (unpaired) electrons. The van der Waals surface area contributed by atoms with E-state index in [-0.39, 0.29) is 0 Å². The third kappa shape index (κ3) is 3.59. The number of benzene rings is 3. The number of aromatic amines is 1. The zero-order valence-electron chi connectivity index (χ0n) is 18.0. The number of imidazole rings is 1. The van der Waals surface area contributed by atoms with Gasteiger partial charge in [-0.05, 0) is 34.0 Å². The van der Waals surface area contributed by atoms with Crippen LogP contribution < -0.4 is 4.74 Å². The molecule has 164 valence electrons. The molecule has 9 heteroatoms. The number of nitrogens with one attached hydrogen (secondary N) is 1. The topological polar surface area (TPSA) is 108 Å². The first kappa shape index (κ1) is 20.4. The Labute approximate surface area is 189 Å². The lowest BCUT2D eigenvalue weighted by Crippen LogP contribution is -2.08. The second-order valence-corrected chi connectivity index (χ2v) is 7.29. The Kier molecular flexibility index (Phi) is 5.27. The van der Waals surface area contributed by atoms with E-state index >= 15 is 0 Å². The number of ether oxygens (including phenoxy) is 2. The Bertz CT molecular complexity index is 1440. The summed E-state index contributed by atoms with van der Waals surface area (Å²) < 4.78 is 12.5. The van der Waals surface area contributed by atoms with Gasteiger partial charge < -0.3 is 9.47 Å². The van der Waals surface area contributed by atoms with Crippen LogP contribution in [0, 0.1) is 0 Å². The van der Waals surface area contributed by atoms with Crippen LogP contribution in [0.15, 0.2) is 66.7 Å². The Balaban J connectivity index is 1.68. The molecule has 0 fully saturated rings. The molecule has 0 bridgehead atoms. The summed E-state index contributed by atoms with van der Waals surface area (Å²) >= 11 is 0. The molecule has 0 spiro atoms. The van der Waals surface area contributed by atoms with Crippen molar-refractivity contribution < 1.29 is 14.3 Å². The zero-order valence-corrected chi connectivity index (χ0v) is 18.0. The molecule has 2 heterocycles. The first-order valence-corrected chi connectivity index (χ1v) is 10.2. The number of methoxy groups -OCH3 is 2. The SMILES string of the molecule is COC(=O)c1cccc2nc(OC)n(Cc3ccccc3-c3ccccc3-c3nn[nH]n3)c12. The second kappa shape index (κ2) is 8.54. The van der Waals surface area contributed by atoms with Crippen molar-refractivity contribution in [3.05, 3.63) is 77.9 Å². The minimum absolute atomic E-state index is 0.405. The molecule has 0 aliphatic carbocycles. The molecule has 33 heavy (non-hydrogen) atoms. The third-order valence-electron chi connectivity index (χ3n) is 5.47. The molecule has 1 N–H and O–H groups in total. The Hall–Kier alpha value is -4.53. The Morgan fingerprint density at radius 1 is 0.939 bits per heavy atom. The first-order valence-electron chi connectivity index (χ1n) is 10.2. The average molecular weight is 440 g/mol. The Morgan fingerprint density at radius 2 is 1.70 bits per heavy atom. The predicted molar refractivity (Wildman–Crippen MR) is 122 cm³/mol. The third-order valence-corrected chi connectivity index (χ3v) is 5.47. The number of hydrogen-bond donors (Lipinski definition) is 1. The summed E-state index contributed by atoms with van der Waals surface area (Å²) in [6.07, 6.45) is 0. The van der Waals surface area contributed by atoms with E-state index in [2.05, 4.69) is 25.6 Å². The number of esters is 1. The predicted octanol–water partition coefficient (Wildman–Crippen LogP) is 3.73. The van der Waals surface area contributed by atoms with E-state index in [1.165, 1.54) is 7.11 Å². The number of H-pyrrole nitrogens is 1. The van der Waals surface area contributed by atoms with Crippen molar-refractivity contribution in [3.8, 4) is 28.5 Å². The Morgan fingerprint density at radius 3 is 2.42 bits per heavy atom. The lowest BCUT2D eigenvalue weighted by Gasteiger charge is -2.15. The number of fused-ring (bicyclic) bond motifs is 1. The summed E-state index contributed by atoms with van der Waals surface area (Å²) in [6, 6.07) is 21.7. The molecule has 0 saturated heterocycles. The van der Waals surface area contributed by atoms with Crippen LogP contribution in [0.4, 0.5) is 0 Å². The molecule has 0 atom stereocenters. The van der Waals surface area contributed by atoms with Crippen LogP contribution in [0.2, 0.25) is 0 Å². The van der Waals surface area contributed by atoms with Crippen molar-refractivity contribution in [1.29, 1.82) is 0 Å². The fourth-order valence-corrected chi connectivity index (χ4v) is 4.02. The van der Waals surface area contributed by atoms with Gasteiger partial charge >= 0.3 is 5.97 Å². The zero-order chi connectivity index (χ0) is 22.8. The number of nitrogens with zero attached hydrogens (tertiary/aromatic N) is 5. The van der Waals surface area contributed by atoms with Gasteiger partial charge in [-0.15, -0.1) is 10.2 Å². The highest BCUT2D eigenvalue weighted by Crippen LogP contribution is 2.34. The number of tetrazole rings is 1. The fourth-order valence-electron chi connectivity index (χ4n) is 4.02. The van der Waals surface area contributed by atoms with Crippen molar-refractivity contribution in [3.63, 3.8) is 0 Å².